The SMILES string of the molecule is Cc1ccc(Cl)cc1NS(=O)(=O)C1CNC(=O)NC1=O. The van der Waals surface area contributed by atoms with E-state index in [2.05, 4.69) is 10.0 Å². The fourth-order valence-corrected chi connectivity index (χ4v) is 3.18. The maximum absolute atomic E-state index is 12.2. The molecule has 0 aliphatic carbocycles. The van der Waals surface area contributed by atoms with Crippen LogP contribution in [0.1, 0.15) is 5.56 Å². The number of anilines is 1. The molecule has 0 bridgehead atoms. The van der Waals surface area contributed by atoms with Gasteiger partial charge < -0.3 is 5.32 Å². The number of sulfonamides is 1. The number of carbonyl (C=O) groups excluding carboxylic acids is 2. The van der Waals surface area contributed by atoms with Gasteiger partial charge in [0.1, 0.15) is 0 Å². The summed E-state index contributed by atoms with van der Waals surface area (Å²) in [5, 5.41) is 3.16. The van der Waals surface area contributed by atoms with Crippen molar-refractivity contribution in [3.63, 3.8) is 0 Å². The van der Waals surface area contributed by atoms with Crippen molar-refractivity contribution in [2.24, 2.45) is 0 Å². The predicted molar refractivity (Wildman–Crippen MR) is 74.1 cm³/mol. The number of halogens is 1. The molecule has 0 spiro atoms. The average Bonchev–Trinajstić information content (AvgIpc) is 2.33. The summed E-state index contributed by atoms with van der Waals surface area (Å²) in [5.74, 6) is -0.860. The highest BCUT2D eigenvalue weighted by molar-refractivity contribution is 7.94. The summed E-state index contributed by atoms with van der Waals surface area (Å²) < 4.78 is 26.7. The molecule has 1 aromatic rings. The Hall–Kier alpha value is -1.80. The van der Waals surface area contributed by atoms with Crippen molar-refractivity contribution in [1.29, 1.82) is 0 Å². The molecule has 1 aliphatic rings. The highest BCUT2D eigenvalue weighted by atomic mass is 35.5. The molecule has 1 aromatic carbocycles. The summed E-state index contributed by atoms with van der Waals surface area (Å²) in [7, 11) is -3.98. The van der Waals surface area contributed by atoms with Gasteiger partial charge in [-0.2, -0.15) is 0 Å². The number of hydrogen-bond acceptors (Lipinski definition) is 4. The van der Waals surface area contributed by atoms with E-state index in [0.29, 0.717) is 16.3 Å². The maximum atomic E-state index is 12.2. The Morgan fingerprint density at radius 3 is 2.70 bits per heavy atom. The number of carbonyl (C=O) groups is 2. The summed E-state index contributed by atoms with van der Waals surface area (Å²) in [6.07, 6.45) is 0. The molecule has 9 heteroatoms. The van der Waals surface area contributed by atoms with Crippen LogP contribution in [0.3, 0.4) is 0 Å². The molecule has 0 saturated carbocycles. The molecule has 1 saturated heterocycles. The van der Waals surface area contributed by atoms with Gasteiger partial charge in [-0.3, -0.25) is 14.8 Å². The normalized spacial score (nSPS) is 19.2. The molecule has 1 aliphatic heterocycles. The molecule has 0 radical (unpaired) electrons. The maximum Gasteiger partial charge on any atom is 0.321 e. The minimum absolute atomic E-state index is 0.278. The van der Waals surface area contributed by atoms with Gasteiger partial charge in [0, 0.05) is 11.6 Å². The van der Waals surface area contributed by atoms with Gasteiger partial charge in [-0.1, -0.05) is 17.7 Å². The van der Waals surface area contributed by atoms with Crippen molar-refractivity contribution in [1.82, 2.24) is 10.6 Å². The molecule has 1 heterocycles. The second-order valence-corrected chi connectivity index (χ2v) is 6.59. The van der Waals surface area contributed by atoms with E-state index in [0.717, 1.165) is 0 Å². The number of benzene rings is 1. The van der Waals surface area contributed by atoms with Crippen LogP contribution in [-0.2, 0) is 14.8 Å². The largest absolute Gasteiger partial charge is 0.336 e. The predicted octanol–water partition coefficient (Wildman–Crippen LogP) is 0.598. The van der Waals surface area contributed by atoms with E-state index >= 15 is 0 Å². The Balaban J connectivity index is 2.25. The van der Waals surface area contributed by atoms with Crippen LogP contribution >= 0.6 is 11.6 Å². The zero-order chi connectivity index (χ0) is 14.9. The first-order valence-corrected chi connectivity index (χ1v) is 7.58. The summed E-state index contributed by atoms with van der Waals surface area (Å²) >= 11 is 5.81. The van der Waals surface area contributed by atoms with Crippen LogP contribution in [0.5, 0.6) is 0 Å². The lowest BCUT2D eigenvalue weighted by Gasteiger charge is -2.23. The van der Waals surface area contributed by atoms with E-state index in [4.69, 9.17) is 11.6 Å². The number of aryl methyl sites for hydroxylation is 1. The lowest BCUT2D eigenvalue weighted by atomic mass is 10.2. The lowest BCUT2D eigenvalue weighted by molar-refractivity contribution is -0.120. The zero-order valence-corrected chi connectivity index (χ0v) is 12.0. The molecule has 1 unspecified atom stereocenters. The van der Waals surface area contributed by atoms with E-state index in [1.165, 1.54) is 6.07 Å². The second-order valence-electron chi connectivity index (χ2n) is 4.29. The van der Waals surface area contributed by atoms with E-state index in [9.17, 15) is 18.0 Å². The van der Waals surface area contributed by atoms with Gasteiger partial charge in [0.25, 0.3) is 0 Å². The molecule has 1 fully saturated rings. The summed E-state index contributed by atoms with van der Waals surface area (Å²) in [5.41, 5.74) is 0.959. The van der Waals surface area contributed by atoms with Crippen LogP contribution in [0, 0.1) is 6.92 Å². The third-order valence-electron chi connectivity index (χ3n) is 2.80. The number of imide groups is 1. The van der Waals surface area contributed by atoms with Crippen molar-refractivity contribution in [2.75, 3.05) is 11.3 Å². The zero-order valence-electron chi connectivity index (χ0n) is 10.4. The Bertz CT molecular complexity index is 674. The van der Waals surface area contributed by atoms with Gasteiger partial charge >= 0.3 is 6.03 Å². The number of rotatable bonds is 3. The van der Waals surface area contributed by atoms with Gasteiger partial charge in [0.15, 0.2) is 5.25 Å². The first kappa shape index (κ1) is 14.6. The number of amides is 3. The van der Waals surface area contributed by atoms with Crippen molar-refractivity contribution < 1.29 is 18.0 Å². The average molecular weight is 318 g/mol. The Morgan fingerprint density at radius 1 is 1.35 bits per heavy atom. The standard InChI is InChI=1S/C11H12ClN3O4S/c1-6-2-3-7(12)4-8(6)15-20(18,19)9-5-13-11(17)14-10(9)16/h2-4,9,15H,5H2,1H3,(H2,13,14,16,17). The minimum Gasteiger partial charge on any atom is -0.336 e. The van der Waals surface area contributed by atoms with Crippen LogP contribution in [0.2, 0.25) is 5.02 Å². The summed E-state index contributed by atoms with van der Waals surface area (Å²) in [6.45, 7) is 1.43. The topological polar surface area (TPSA) is 104 Å². The molecule has 2 rings (SSSR count). The molecular weight excluding hydrogens is 306 g/mol. The summed E-state index contributed by atoms with van der Waals surface area (Å²) in [6, 6.07) is 4.03. The molecular formula is C11H12ClN3O4S. The highest BCUT2D eigenvalue weighted by Gasteiger charge is 2.37. The molecule has 7 nitrogen and oxygen atoms in total. The molecule has 20 heavy (non-hydrogen) atoms. The fourth-order valence-electron chi connectivity index (χ4n) is 1.69. The molecule has 108 valence electrons. The molecule has 3 N–H and O–H groups in total. The van der Waals surface area contributed by atoms with E-state index in [1.807, 2.05) is 5.32 Å². The van der Waals surface area contributed by atoms with Crippen LogP contribution in [0.15, 0.2) is 18.2 Å². The molecule has 0 aromatic heterocycles. The van der Waals surface area contributed by atoms with Crippen LogP contribution < -0.4 is 15.4 Å². The van der Waals surface area contributed by atoms with E-state index in [1.54, 1.807) is 19.1 Å². The van der Waals surface area contributed by atoms with Gasteiger partial charge in [-0.15, -0.1) is 0 Å². The third kappa shape index (κ3) is 3.02. The lowest BCUT2D eigenvalue weighted by Crippen LogP contribution is -2.58. The Labute approximate surface area is 120 Å². The number of hydrogen-bond donors (Lipinski definition) is 3. The van der Waals surface area contributed by atoms with Crippen molar-refractivity contribution in [3.8, 4) is 0 Å². The smallest absolute Gasteiger partial charge is 0.321 e. The monoisotopic (exact) mass is 317 g/mol. The third-order valence-corrected chi connectivity index (χ3v) is 4.67. The van der Waals surface area contributed by atoms with Gasteiger partial charge in [-0.25, -0.2) is 13.2 Å². The highest BCUT2D eigenvalue weighted by Crippen LogP contribution is 2.22. The van der Waals surface area contributed by atoms with Crippen LogP contribution in [0.25, 0.3) is 0 Å². The molecule has 1 atom stereocenters. The summed E-state index contributed by atoms with van der Waals surface area (Å²) in [4.78, 5) is 22.5. The first-order valence-electron chi connectivity index (χ1n) is 5.66. The number of nitrogens with one attached hydrogen (secondary N) is 3. The van der Waals surface area contributed by atoms with Crippen molar-refractivity contribution >= 4 is 39.2 Å². The Kier molecular flexibility index (Phi) is 3.87. The van der Waals surface area contributed by atoms with E-state index < -0.39 is 27.2 Å². The quantitative estimate of drug-likeness (QED) is 0.759. The molecule has 3 amide bonds. The van der Waals surface area contributed by atoms with Gasteiger partial charge in [0.2, 0.25) is 15.9 Å². The Morgan fingerprint density at radius 2 is 2.05 bits per heavy atom. The van der Waals surface area contributed by atoms with Crippen molar-refractivity contribution in [3.05, 3.63) is 28.8 Å². The van der Waals surface area contributed by atoms with Crippen LogP contribution in [-0.4, -0.2) is 32.2 Å². The second kappa shape index (κ2) is 5.29. The first-order chi connectivity index (χ1) is 9.29. The van der Waals surface area contributed by atoms with Gasteiger partial charge in [-0.05, 0) is 24.6 Å². The fraction of sp³-hybridized carbons (Fsp3) is 0.273. The van der Waals surface area contributed by atoms with E-state index in [-0.39, 0.29) is 6.54 Å². The van der Waals surface area contributed by atoms with Gasteiger partial charge in [0.05, 0.1) is 5.69 Å². The minimum atomic E-state index is -3.98. The number of urea groups is 1. The van der Waals surface area contributed by atoms with Crippen molar-refractivity contribution in [2.45, 2.75) is 12.2 Å². The van der Waals surface area contributed by atoms with Crippen LogP contribution in [0.4, 0.5) is 10.5 Å².